The predicted molar refractivity (Wildman–Crippen MR) is 106 cm³/mol. The zero-order chi connectivity index (χ0) is 18.1. The van der Waals surface area contributed by atoms with Crippen LogP contribution in [0.15, 0.2) is 4.99 Å². The summed E-state index contributed by atoms with van der Waals surface area (Å²) in [6, 6.07) is 0.384. The van der Waals surface area contributed by atoms with Crippen molar-refractivity contribution in [1.29, 1.82) is 0 Å². The largest absolute Gasteiger partial charge is 0.379 e. The Bertz CT molecular complexity index is 441. The van der Waals surface area contributed by atoms with Gasteiger partial charge in [0.15, 0.2) is 5.96 Å². The number of hydrogen-bond donors (Lipinski definition) is 2. The molecular formula is C18H36N4O2S. The minimum Gasteiger partial charge on any atom is -0.379 e. The molecule has 1 aliphatic carbocycles. The van der Waals surface area contributed by atoms with E-state index in [1.54, 1.807) is 0 Å². The molecular weight excluding hydrogens is 336 g/mol. The second kappa shape index (κ2) is 11.1. The third kappa shape index (κ3) is 7.23. The van der Waals surface area contributed by atoms with Gasteiger partial charge >= 0.3 is 0 Å². The summed E-state index contributed by atoms with van der Waals surface area (Å²) in [5, 5.41) is 7.36. The minimum absolute atomic E-state index is 0.342. The topological polar surface area (TPSA) is 66.0 Å². The van der Waals surface area contributed by atoms with E-state index in [4.69, 9.17) is 4.74 Å². The van der Waals surface area contributed by atoms with Gasteiger partial charge in [0.05, 0.1) is 13.2 Å². The number of nitrogens with one attached hydrogen (secondary N) is 2. The summed E-state index contributed by atoms with van der Waals surface area (Å²) in [4.78, 5) is 6.85. The lowest BCUT2D eigenvalue weighted by Crippen LogP contribution is -2.48. The molecule has 1 heterocycles. The van der Waals surface area contributed by atoms with Gasteiger partial charge in [0, 0.05) is 61.1 Å². The number of hydrogen-bond acceptors (Lipinski definition) is 4. The maximum Gasteiger partial charge on any atom is 0.191 e. The molecule has 0 radical (unpaired) electrons. The Balaban J connectivity index is 1.71. The minimum atomic E-state index is -0.682. The van der Waals surface area contributed by atoms with Crippen molar-refractivity contribution >= 4 is 16.8 Å². The fourth-order valence-corrected chi connectivity index (χ4v) is 5.05. The number of nitrogens with zero attached hydrogens (tertiary/aromatic N) is 2. The van der Waals surface area contributed by atoms with Crippen LogP contribution in [-0.2, 0) is 15.5 Å². The molecule has 0 aromatic rings. The van der Waals surface area contributed by atoms with Crippen LogP contribution in [0.25, 0.3) is 0 Å². The Morgan fingerprint density at radius 3 is 2.80 bits per heavy atom. The zero-order valence-corrected chi connectivity index (χ0v) is 16.9. The predicted octanol–water partition coefficient (Wildman–Crippen LogP) is 1.20. The first-order valence-electron chi connectivity index (χ1n) is 9.76. The molecule has 6 nitrogen and oxygen atoms in total. The number of morpholine rings is 1. The summed E-state index contributed by atoms with van der Waals surface area (Å²) in [5.74, 6) is 2.20. The van der Waals surface area contributed by atoms with E-state index in [0.29, 0.717) is 17.2 Å². The second-order valence-electron chi connectivity index (χ2n) is 7.27. The number of aliphatic imine (C=N–C) groups is 1. The molecule has 4 unspecified atom stereocenters. The first-order valence-corrected chi connectivity index (χ1v) is 11.1. The summed E-state index contributed by atoms with van der Waals surface area (Å²) in [6.07, 6.45) is 4.38. The molecule has 1 saturated heterocycles. The summed E-state index contributed by atoms with van der Waals surface area (Å²) in [6.45, 7) is 10.1. The van der Waals surface area contributed by atoms with Gasteiger partial charge in [-0.25, -0.2) is 0 Å². The molecule has 0 amide bonds. The SMILES string of the molecule is CCS(=O)C1CCCC(NC(=NC)NCC(C)CN2CCOCC2)C1. The van der Waals surface area contributed by atoms with Crippen LogP contribution in [0.4, 0.5) is 0 Å². The van der Waals surface area contributed by atoms with Gasteiger partial charge < -0.3 is 15.4 Å². The van der Waals surface area contributed by atoms with Crippen LogP contribution in [0, 0.1) is 5.92 Å². The maximum absolute atomic E-state index is 12.1. The molecule has 2 rings (SSSR count). The Morgan fingerprint density at radius 2 is 2.12 bits per heavy atom. The first kappa shape index (κ1) is 20.6. The van der Waals surface area contributed by atoms with Crippen molar-refractivity contribution in [1.82, 2.24) is 15.5 Å². The highest BCUT2D eigenvalue weighted by Crippen LogP contribution is 2.22. The summed E-state index contributed by atoms with van der Waals surface area (Å²) in [7, 11) is 1.14. The van der Waals surface area contributed by atoms with Gasteiger partial charge in [-0.15, -0.1) is 0 Å². The Morgan fingerprint density at radius 1 is 1.36 bits per heavy atom. The Kier molecular flexibility index (Phi) is 9.20. The quantitative estimate of drug-likeness (QED) is 0.519. The molecule has 7 heteroatoms. The molecule has 25 heavy (non-hydrogen) atoms. The molecule has 0 aromatic heterocycles. The highest BCUT2D eigenvalue weighted by molar-refractivity contribution is 7.85. The van der Waals surface area contributed by atoms with E-state index in [1.165, 1.54) is 0 Å². The van der Waals surface area contributed by atoms with Crippen molar-refractivity contribution in [3.63, 3.8) is 0 Å². The van der Waals surface area contributed by atoms with Crippen LogP contribution in [0.3, 0.4) is 0 Å². The van der Waals surface area contributed by atoms with Crippen molar-refractivity contribution < 1.29 is 8.95 Å². The maximum atomic E-state index is 12.1. The highest BCUT2D eigenvalue weighted by atomic mass is 32.2. The van der Waals surface area contributed by atoms with Gasteiger partial charge in [0.1, 0.15) is 0 Å². The van der Waals surface area contributed by atoms with Gasteiger partial charge in [0.25, 0.3) is 0 Å². The van der Waals surface area contributed by atoms with Crippen LogP contribution in [-0.4, -0.2) is 78.6 Å². The smallest absolute Gasteiger partial charge is 0.191 e. The van der Waals surface area contributed by atoms with E-state index >= 15 is 0 Å². The van der Waals surface area contributed by atoms with Crippen molar-refractivity contribution in [2.75, 3.05) is 52.2 Å². The van der Waals surface area contributed by atoms with E-state index in [2.05, 4.69) is 27.4 Å². The van der Waals surface area contributed by atoms with Gasteiger partial charge in [0.2, 0.25) is 0 Å². The Labute approximate surface area is 155 Å². The molecule has 0 bridgehead atoms. The molecule has 146 valence electrons. The van der Waals surface area contributed by atoms with Crippen LogP contribution in [0.1, 0.15) is 39.5 Å². The molecule has 2 N–H and O–H groups in total. The normalized spacial score (nSPS) is 28.4. The average Bonchev–Trinajstić information content (AvgIpc) is 2.65. The van der Waals surface area contributed by atoms with Gasteiger partial charge in [-0.05, 0) is 25.2 Å². The zero-order valence-electron chi connectivity index (χ0n) is 16.1. The van der Waals surface area contributed by atoms with Crippen LogP contribution >= 0.6 is 0 Å². The monoisotopic (exact) mass is 372 g/mol. The number of rotatable bonds is 7. The lowest BCUT2D eigenvalue weighted by molar-refractivity contribution is 0.0320. The highest BCUT2D eigenvalue weighted by Gasteiger charge is 2.26. The van der Waals surface area contributed by atoms with Crippen LogP contribution in [0.2, 0.25) is 0 Å². The van der Waals surface area contributed by atoms with Crippen LogP contribution < -0.4 is 10.6 Å². The van der Waals surface area contributed by atoms with Crippen molar-refractivity contribution in [3.8, 4) is 0 Å². The van der Waals surface area contributed by atoms with Crippen molar-refractivity contribution in [3.05, 3.63) is 0 Å². The molecule has 2 aliphatic rings. The van der Waals surface area contributed by atoms with E-state index in [9.17, 15) is 4.21 Å². The van der Waals surface area contributed by atoms with Crippen LogP contribution in [0.5, 0.6) is 0 Å². The molecule has 1 aliphatic heterocycles. The molecule has 0 aromatic carbocycles. The number of ether oxygens (including phenoxy) is 1. The summed E-state index contributed by atoms with van der Waals surface area (Å²) >= 11 is 0. The average molecular weight is 373 g/mol. The lowest BCUT2D eigenvalue weighted by Gasteiger charge is -2.31. The Hall–Kier alpha value is -0.660. The molecule has 0 spiro atoms. The van der Waals surface area contributed by atoms with Crippen molar-refractivity contribution in [2.24, 2.45) is 10.9 Å². The summed E-state index contributed by atoms with van der Waals surface area (Å²) in [5.41, 5.74) is 0. The lowest BCUT2D eigenvalue weighted by atomic mass is 9.95. The van der Waals surface area contributed by atoms with Gasteiger partial charge in [-0.2, -0.15) is 0 Å². The summed E-state index contributed by atoms with van der Waals surface area (Å²) < 4.78 is 17.5. The fourth-order valence-electron chi connectivity index (χ4n) is 3.70. The first-order chi connectivity index (χ1) is 12.1. The molecule has 2 fully saturated rings. The number of guanidine groups is 1. The van der Waals surface area contributed by atoms with E-state index < -0.39 is 10.8 Å². The standard InChI is InChI=1S/C18H36N4O2S/c1-4-25(23)17-7-5-6-16(12-17)21-18(19-3)20-13-15(2)14-22-8-10-24-11-9-22/h15-17H,4-14H2,1-3H3,(H2,19,20,21). The molecule has 4 atom stereocenters. The van der Waals surface area contributed by atoms with Gasteiger partial charge in [-0.3, -0.25) is 14.1 Å². The van der Waals surface area contributed by atoms with E-state index in [-0.39, 0.29) is 0 Å². The third-order valence-electron chi connectivity index (χ3n) is 5.14. The molecule has 1 saturated carbocycles. The van der Waals surface area contributed by atoms with E-state index in [0.717, 1.165) is 76.8 Å². The van der Waals surface area contributed by atoms with E-state index in [1.807, 2.05) is 14.0 Å². The second-order valence-corrected chi connectivity index (χ2v) is 9.28. The third-order valence-corrected chi connectivity index (χ3v) is 6.88. The fraction of sp³-hybridized carbons (Fsp3) is 0.944. The van der Waals surface area contributed by atoms with Gasteiger partial charge in [-0.1, -0.05) is 20.3 Å². The van der Waals surface area contributed by atoms with Crippen molar-refractivity contribution in [2.45, 2.75) is 50.8 Å².